The van der Waals surface area contributed by atoms with E-state index in [1.165, 1.54) is 11.8 Å². The molecule has 8 heteroatoms. The Labute approximate surface area is 169 Å². The molecule has 0 saturated carbocycles. The highest BCUT2D eigenvalue weighted by Crippen LogP contribution is 2.25. The fourth-order valence-electron chi connectivity index (χ4n) is 2.75. The van der Waals surface area contributed by atoms with Crippen LogP contribution in [0, 0.1) is 18.3 Å². The van der Waals surface area contributed by atoms with Gasteiger partial charge in [-0.3, -0.25) is 0 Å². The lowest BCUT2D eigenvalue weighted by molar-refractivity contribution is 0.588. The second-order valence-electron chi connectivity index (χ2n) is 6.27. The second kappa shape index (κ2) is 8.59. The molecule has 0 saturated heterocycles. The zero-order valence-electron chi connectivity index (χ0n) is 15.7. The zero-order valence-corrected chi connectivity index (χ0v) is 17.3. The first-order valence-corrected chi connectivity index (χ1v) is 11.4. The van der Waals surface area contributed by atoms with Crippen molar-refractivity contribution < 1.29 is 8.42 Å². The third-order valence-electron chi connectivity index (χ3n) is 4.30. The van der Waals surface area contributed by atoms with E-state index in [4.69, 9.17) is 0 Å². The van der Waals surface area contributed by atoms with Crippen LogP contribution in [0.4, 0.5) is 0 Å². The first-order chi connectivity index (χ1) is 13.4. The van der Waals surface area contributed by atoms with Gasteiger partial charge >= 0.3 is 0 Å². The predicted molar refractivity (Wildman–Crippen MR) is 108 cm³/mol. The molecule has 1 aromatic heterocycles. The predicted octanol–water partition coefficient (Wildman–Crippen LogP) is 3.74. The molecule has 0 radical (unpaired) electrons. The molecular weight excluding hydrogens is 392 g/mol. The number of thioether (sulfide) groups is 1. The molecule has 0 amide bonds. The number of aromatic nitrogens is 3. The molecular formula is C20H20N4O2S2. The molecule has 0 aliphatic rings. The fraction of sp³-hybridized carbons (Fsp3) is 0.250. The van der Waals surface area contributed by atoms with Gasteiger partial charge in [0.1, 0.15) is 11.6 Å². The summed E-state index contributed by atoms with van der Waals surface area (Å²) in [5.41, 5.74) is 2.54. The second-order valence-corrected chi connectivity index (χ2v) is 9.20. The fourth-order valence-corrected chi connectivity index (χ4v) is 5.04. The summed E-state index contributed by atoms with van der Waals surface area (Å²) in [6, 6.07) is 16.4. The molecule has 0 spiro atoms. The Bertz CT molecular complexity index is 1110. The normalized spacial score (nSPS) is 11.3. The van der Waals surface area contributed by atoms with Gasteiger partial charge in [-0.1, -0.05) is 47.7 Å². The lowest BCUT2D eigenvalue weighted by Gasteiger charge is -2.09. The Kier molecular flexibility index (Phi) is 6.17. The lowest BCUT2D eigenvalue weighted by atomic mass is 10.1. The van der Waals surface area contributed by atoms with Crippen LogP contribution >= 0.6 is 11.8 Å². The number of aryl methyl sites for hydroxylation is 1. The van der Waals surface area contributed by atoms with E-state index in [0.29, 0.717) is 28.8 Å². The van der Waals surface area contributed by atoms with Crippen LogP contribution < -0.4 is 0 Å². The van der Waals surface area contributed by atoms with E-state index in [0.717, 1.165) is 11.1 Å². The van der Waals surface area contributed by atoms with Gasteiger partial charge in [0.2, 0.25) is 0 Å². The molecule has 6 nitrogen and oxygen atoms in total. The first kappa shape index (κ1) is 20.1. The van der Waals surface area contributed by atoms with Crippen LogP contribution in [0.25, 0.3) is 0 Å². The van der Waals surface area contributed by atoms with Gasteiger partial charge in [-0.25, -0.2) is 8.42 Å². The van der Waals surface area contributed by atoms with E-state index in [-0.39, 0.29) is 10.6 Å². The zero-order chi connectivity index (χ0) is 20.1. The monoisotopic (exact) mass is 412 g/mol. The summed E-state index contributed by atoms with van der Waals surface area (Å²) in [4.78, 5) is 0.279. The van der Waals surface area contributed by atoms with E-state index in [1.54, 1.807) is 30.3 Å². The maximum atomic E-state index is 12.7. The topological polar surface area (TPSA) is 88.6 Å². The summed E-state index contributed by atoms with van der Waals surface area (Å²) in [6.07, 6.45) is 0. The molecule has 28 heavy (non-hydrogen) atoms. The number of benzene rings is 2. The SMILES string of the molecule is CCn1c(CS(=O)(=O)c2ccc(C)cc2)nnc1SCc1ccccc1C#N. The highest BCUT2D eigenvalue weighted by molar-refractivity contribution is 7.98. The number of nitriles is 1. The van der Waals surface area contributed by atoms with Crippen molar-refractivity contribution in [3.8, 4) is 6.07 Å². The van der Waals surface area contributed by atoms with E-state index < -0.39 is 9.84 Å². The minimum absolute atomic E-state index is 0.202. The lowest BCUT2D eigenvalue weighted by Crippen LogP contribution is -2.11. The Balaban J connectivity index is 1.80. The quantitative estimate of drug-likeness (QED) is 0.549. The summed E-state index contributed by atoms with van der Waals surface area (Å²) in [5.74, 6) is 0.776. The summed E-state index contributed by atoms with van der Waals surface area (Å²) < 4.78 is 27.3. The molecule has 0 bridgehead atoms. The summed E-state index contributed by atoms with van der Waals surface area (Å²) >= 11 is 1.44. The van der Waals surface area contributed by atoms with Crippen molar-refractivity contribution in [3.63, 3.8) is 0 Å². The van der Waals surface area contributed by atoms with E-state index >= 15 is 0 Å². The molecule has 0 aliphatic carbocycles. The van der Waals surface area contributed by atoms with Gasteiger partial charge < -0.3 is 4.57 Å². The Hall–Kier alpha value is -2.63. The van der Waals surface area contributed by atoms with Gasteiger partial charge in [0.25, 0.3) is 0 Å². The van der Waals surface area contributed by atoms with Crippen molar-refractivity contribution in [1.29, 1.82) is 5.26 Å². The van der Waals surface area contributed by atoms with Gasteiger partial charge in [0, 0.05) is 12.3 Å². The summed E-state index contributed by atoms with van der Waals surface area (Å²) in [5, 5.41) is 18.2. The van der Waals surface area contributed by atoms with Gasteiger partial charge in [-0.15, -0.1) is 10.2 Å². The molecule has 1 heterocycles. The summed E-state index contributed by atoms with van der Waals surface area (Å²) in [7, 11) is -3.50. The van der Waals surface area contributed by atoms with E-state index in [9.17, 15) is 13.7 Å². The molecule has 0 unspecified atom stereocenters. The molecule has 3 aromatic rings. The van der Waals surface area contributed by atoms with Crippen molar-refractivity contribution >= 4 is 21.6 Å². The Morgan fingerprint density at radius 2 is 1.82 bits per heavy atom. The first-order valence-electron chi connectivity index (χ1n) is 8.77. The van der Waals surface area contributed by atoms with Crippen molar-refractivity contribution in [2.75, 3.05) is 0 Å². The third kappa shape index (κ3) is 4.43. The number of hydrogen-bond acceptors (Lipinski definition) is 6. The van der Waals surface area contributed by atoms with Crippen molar-refractivity contribution in [2.45, 2.75) is 41.9 Å². The summed E-state index contributed by atoms with van der Waals surface area (Å²) in [6.45, 7) is 4.41. The molecule has 0 atom stereocenters. The molecule has 3 rings (SSSR count). The number of sulfone groups is 1. The van der Waals surface area contributed by atoms with Crippen LogP contribution in [0.1, 0.15) is 29.4 Å². The minimum atomic E-state index is -3.50. The number of nitrogens with zero attached hydrogens (tertiary/aromatic N) is 4. The smallest absolute Gasteiger partial charge is 0.191 e. The molecule has 0 fully saturated rings. The highest BCUT2D eigenvalue weighted by atomic mass is 32.2. The van der Waals surface area contributed by atoms with Crippen LogP contribution in [0.15, 0.2) is 58.6 Å². The number of rotatable bonds is 7. The molecule has 0 aliphatic heterocycles. The van der Waals surface area contributed by atoms with E-state index in [2.05, 4.69) is 16.3 Å². The van der Waals surface area contributed by atoms with Crippen LogP contribution in [-0.4, -0.2) is 23.2 Å². The standard InChI is InChI=1S/C20H20N4O2S2/c1-3-24-19(14-28(25,26)18-10-8-15(2)9-11-18)22-23-20(24)27-13-17-7-5-4-6-16(17)12-21/h4-11H,3,13-14H2,1-2H3. The Morgan fingerprint density at radius 3 is 2.50 bits per heavy atom. The Morgan fingerprint density at radius 1 is 1.11 bits per heavy atom. The minimum Gasteiger partial charge on any atom is -0.305 e. The van der Waals surface area contributed by atoms with Gasteiger partial charge in [0.05, 0.1) is 16.5 Å². The average molecular weight is 413 g/mol. The van der Waals surface area contributed by atoms with Crippen LogP contribution in [0.5, 0.6) is 0 Å². The van der Waals surface area contributed by atoms with Crippen LogP contribution in [0.2, 0.25) is 0 Å². The molecule has 144 valence electrons. The highest BCUT2D eigenvalue weighted by Gasteiger charge is 2.21. The maximum Gasteiger partial charge on any atom is 0.191 e. The van der Waals surface area contributed by atoms with Gasteiger partial charge in [-0.05, 0) is 37.6 Å². The van der Waals surface area contributed by atoms with Gasteiger partial charge in [-0.2, -0.15) is 5.26 Å². The van der Waals surface area contributed by atoms with Gasteiger partial charge in [0.15, 0.2) is 15.0 Å². The average Bonchev–Trinajstić information content (AvgIpc) is 3.07. The van der Waals surface area contributed by atoms with Crippen molar-refractivity contribution in [3.05, 3.63) is 71.0 Å². The molecule has 0 N–H and O–H groups in total. The van der Waals surface area contributed by atoms with Crippen molar-refractivity contribution in [1.82, 2.24) is 14.8 Å². The van der Waals surface area contributed by atoms with E-state index in [1.807, 2.05) is 36.6 Å². The van der Waals surface area contributed by atoms with Crippen molar-refractivity contribution in [2.24, 2.45) is 0 Å². The van der Waals surface area contributed by atoms with Crippen LogP contribution in [0.3, 0.4) is 0 Å². The third-order valence-corrected chi connectivity index (χ3v) is 6.95. The number of hydrogen-bond donors (Lipinski definition) is 0. The maximum absolute atomic E-state index is 12.7. The van der Waals surface area contributed by atoms with Crippen LogP contribution in [-0.2, 0) is 27.9 Å². The molecule has 2 aromatic carbocycles. The largest absolute Gasteiger partial charge is 0.305 e.